The highest BCUT2D eigenvalue weighted by Gasteiger charge is 2.02. The number of ketones is 1. The molecule has 3 aromatic carbocycles. The van der Waals surface area contributed by atoms with Crippen molar-refractivity contribution in [1.29, 1.82) is 0 Å². The van der Waals surface area contributed by atoms with Gasteiger partial charge in [-0.05, 0) is 60.5 Å². The fourth-order valence-corrected chi connectivity index (χ4v) is 2.75. The lowest BCUT2D eigenvalue weighted by atomic mass is 10.1. The Kier molecular flexibility index (Phi) is 8.10. The Bertz CT molecular complexity index is 932. The molecule has 1 N–H and O–H groups in total. The first kappa shape index (κ1) is 21.2. The van der Waals surface area contributed by atoms with Crippen LogP contribution in [0.3, 0.4) is 0 Å². The van der Waals surface area contributed by atoms with Crippen LogP contribution in [0.5, 0.6) is 11.5 Å². The minimum absolute atomic E-state index is 0.0644. The van der Waals surface area contributed by atoms with E-state index in [9.17, 15) is 4.79 Å². The average molecular weight is 402 g/mol. The van der Waals surface area contributed by atoms with Crippen LogP contribution in [-0.2, 0) is 6.61 Å². The Labute approximate surface area is 178 Å². The molecule has 0 heterocycles. The topological polar surface area (TPSA) is 47.6 Å². The minimum Gasteiger partial charge on any atom is -0.494 e. The van der Waals surface area contributed by atoms with E-state index in [-0.39, 0.29) is 5.78 Å². The number of hydrogen-bond donors (Lipinski definition) is 1. The van der Waals surface area contributed by atoms with E-state index in [1.165, 1.54) is 6.08 Å². The molecule has 3 aromatic rings. The third kappa shape index (κ3) is 6.82. The van der Waals surface area contributed by atoms with Crippen LogP contribution in [0.4, 0.5) is 5.69 Å². The van der Waals surface area contributed by atoms with Crippen LogP contribution in [0.25, 0.3) is 0 Å². The highest BCUT2D eigenvalue weighted by Crippen LogP contribution is 2.17. The molecular formula is C26H27NO3. The van der Waals surface area contributed by atoms with Gasteiger partial charge in [-0.25, -0.2) is 0 Å². The Balaban J connectivity index is 1.45. The Morgan fingerprint density at radius 3 is 2.23 bits per heavy atom. The van der Waals surface area contributed by atoms with Crippen molar-refractivity contribution in [2.75, 3.05) is 11.9 Å². The van der Waals surface area contributed by atoms with Gasteiger partial charge in [-0.2, -0.15) is 0 Å². The SMILES string of the molecule is CCCCOc1ccc(C(=O)C=CNc2ccc(OCc3ccccc3)cc2)cc1. The van der Waals surface area contributed by atoms with E-state index in [0.29, 0.717) is 18.8 Å². The molecule has 0 unspecified atom stereocenters. The van der Waals surface area contributed by atoms with Crippen molar-refractivity contribution in [3.8, 4) is 11.5 Å². The smallest absolute Gasteiger partial charge is 0.187 e. The van der Waals surface area contributed by atoms with Gasteiger partial charge < -0.3 is 14.8 Å². The van der Waals surface area contributed by atoms with E-state index in [4.69, 9.17) is 9.47 Å². The van der Waals surface area contributed by atoms with E-state index in [1.807, 2.05) is 66.7 Å². The van der Waals surface area contributed by atoms with Gasteiger partial charge >= 0.3 is 0 Å². The molecule has 0 aliphatic carbocycles. The zero-order valence-corrected chi connectivity index (χ0v) is 17.2. The first-order chi connectivity index (χ1) is 14.7. The maximum Gasteiger partial charge on any atom is 0.187 e. The molecule has 0 atom stereocenters. The van der Waals surface area contributed by atoms with Gasteiger partial charge in [0, 0.05) is 23.5 Å². The molecule has 0 amide bonds. The molecule has 3 rings (SSSR count). The van der Waals surface area contributed by atoms with Gasteiger partial charge in [-0.15, -0.1) is 0 Å². The number of carbonyl (C=O) groups is 1. The molecule has 0 saturated heterocycles. The summed E-state index contributed by atoms with van der Waals surface area (Å²) in [4.78, 5) is 12.3. The second kappa shape index (κ2) is 11.5. The van der Waals surface area contributed by atoms with Gasteiger partial charge in [0.15, 0.2) is 5.78 Å². The monoisotopic (exact) mass is 401 g/mol. The molecule has 4 heteroatoms. The molecule has 0 aromatic heterocycles. The molecule has 154 valence electrons. The summed E-state index contributed by atoms with van der Waals surface area (Å²) in [6.45, 7) is 3.35. The van der Waals surface area contributed by atoms with Crippen LogP contribution < -0.4 is 14.8 Å². The molecule has 0 saturated carbocycles. The van der Waals surface area contributed by atoms with Crippen molar-refractivity contribution in [3.05, 3.63) is 102 Å². The third-order valence-electron chi connectivity index (χ3n) is 4.49. The van der Waals surface area contributed by atoms with E-state index in [0.717, 1.165) is 35.6 Å². The zero-order valence-electron chi connectivity index (χ0n) is 17.2. The van der Waals surface area contributed by atoms with Gasteiger partial charge in [0.2, 0.25) is 0 Å². The second-order valence-corrected chi connectivity index (χ2v) is 6.87. The Morgan fingerprint density at radius 2 is 1.53 bits per heavy atom. The first-order valence-corrected chi connectivity index (χ1v) is 10.2. The van der Waals surface area contributed by atoms with Crippen molar-refractivity contribution in [2.45, 2.75) is 26.4 Å². The van der Waals surface area contributed by atoms with Crippen LogP contribution in [0.1, 0.15) is 35.7 Å². The normalized spacial score (nSPS) is 10.7. The molecule has 0 aliphatic heterocycles. The van der Waals surface area contributed by atoms with Crippen molar-refractivity contribution in [1.82, 2.24) is 0 Å². The summed E-state index contributed by atoms with van der Waals surface area (Å²) in [6.07, 6.45) is 5.29. The maximum atomic E-state index is 12.3. The van der Waals surface area contributed by atoms with E-state index in [1.54, 1.807) is 18.3 Å². The lowest BCUT2D eigenvalue weighted by molar-refractivity contribution is 0.104. The first-order valence-electron chi connectivity index (χ1n) is 10.2. The summed E-state index contributed by atoms with van der Waals surface area (Å²) in [5.74, 6) is 1.52. The fourth-order valence-electron chi connectivity index (χ4n) is 2.75. The number of carbonyl (C=O) groups excluding carboxylic acids is 1. The van der Waals surface area contributed by atoms with Crippen molar-refractivity contribution in [2.24, 2.45) is 0 Å². The number of allylic oxidation sites excluding steroid dienone is 1. The number of unbranched alkanes of at least 4 members (excludes halogenated alkanes) is 1. The van der Waals surface area contributed by atoms with Gasteiger partial charge in [-0.3, -0.25) is 4.79 Å². The third-order valence-corrected chi connectivity index (χ3v) is 4.49. The molecule has 0 bridgehead atoms. The second-order valence-electron chi connectivity index (χ2n) is 6.87. The number of rotatable bonds is 11. The fraction of sp³-hybridized carbons (Fsp3) is 0.192. The van der Waals surface area contributed by atoms with Gasteiger partial charge in [0.1, 0.15) is 18.1 Å². The standard InChI is InChI=1S/C26H27NO3/c1-2-3-19-29-24-13-9-22(10-14-24)26(28)17-18-27-23-11-15-25(16-12-23)30-20-21-7-5-4-6-8-21/h4-18,27H,2-3,19-20H2,1H3. The minimum atomic E-state index is -0.0644. The largest absolute Gasteiger partial charge is 0.494 e. The lowest BCUT2D eigenvalue weighted by Gasteiger charge is -2.07. The summed E-state index contributed by atoms with van der Waals surface area (Å²) >= 11 is 0. The van der Waals surface area contributed by atoms with E-state index in [2.05, 4.69) is 12.2 Å². The Hall–Kier alpha value is -3.53. The summed E-state index contributed by atoms with van der Waals surface area (Å²) < 4.78 is 11.4. The number of benzene rings is 3. The van der Waals surface area contributed by atoms with Gasteiger partial charge in [-0.1, -0.05) is 43.7 Å². The molecule has 0 aliphatic rings. The Morgan fingerprint density at radius 1 is 0.867 bits per heavy atom. The van der Waals surface area contributed by atoms with Crippen molar-refractivity contribution in [3.63, 3.8) is 0 Å². The summed E-state index contributed by atoms with van der Waals surface area (Å²) in [6, 6.07) is 24.9. The highest BCUT2D eigenvalue weighted by molar-refractivity contribution is 6.04. The lowest BCUT2D eigenvalue weighted by Crippen LogP contribution is -1.99. The molecule has 0 fully saturated rings. The van der Waals surface area contributed by atoms with E-state index < -0.39 is 0 Å². The average Bonchev–Trinajstić information content (AvgIpc) is 2.80. The quantitative estimate of drug-likeness (QED) is 0.234. The molecule has 0 spiro atoms. The van der Waals surface area contributed by atoms with Crippen molar-refractivity contribution < 1.29 is 14.3 Å². The van der Waals surface area contributed by atoms with Crippen molar-refractivity contribution >= 4 is 11.5 Å². The van der Waals surface area contributed by atoms with E-state index >= 15 is 0 Å². The highest BCUT2D eigenvalue weighted by atomic mass is 16.5. The van der Waals surface area contributed by atoms with Crippen LogP contribution >= 0.6 is 0 Å². The van der Waals surface area contributed by atoms with Gasteiger partial charge in [0.25, 0.3) is 0 Å². The molecular weight excluding hydrogens is 374 g/mol. The number of ether oxygens (including phenoxy) is 2. The molecule has 30 heavy (non-hydrogen) atoms. The van der Waals surface area contributed by atoms with Gasteiger partial charge in [0.05, 0.1) is 6.61 Å². The zero-order chi connectivity index (χ0) is 21.0. The van der Waals surface area contributed by atoms with Crippen LogP contribution in [0, 0.1) is 0 Å². The maximum absolute atomic E-state index is 12.3. The summed E-state index contributed by atoms with van der Waals surface area (Å²) in [5, 5.41) is 3.11. The predicted octanol–water partition coefficient (Wildman–Crippen LogP) is 6.25. The number of hydrogen-bond acceptors (Lipinski definition) is 4. The predicted molar refractivity (Wildman–Crippen MR) is 121 cm³/mol. The van der Waals surface area contributed by atoms with Crippen LogP contribution in [0.15, 0.2) is 91.1 Å². The summed E-state index contributed by atoms with van der Waals surface area (Å²) in [5.41, 5.74) is 2.63. The van der Waals surface area contributed by atoms with Crippen LogP contribution in [0.2, 0.25) is 0 Å². The molecule has 0 radical (unpaired) electrons. The molecule has 4 nitrogen and oxygen atoms in total. The summed E-state index contributed by atoms with van der Waals surface area (Å²) in [7, 11) is 0. The number of anilines is 1. The van der Waals surface area contributed by atoms with Crippen LogP contribution in [-0.4, -0.2) is 12.4 Å². The number of nitrogens with one attached hydrogen (secondary N) is 1.